The van der Waals surface area contributed by atoms with Crippen LogP contribution < -0.4 is 10.3 Å². The molecule has 162 valence electrons. The fourth-order valence-corrected chi connectivity index (χ4v) is 3.68. The molecule has 4 aromatic rings. The Hall–Kier alpha value is -3.93. The van der Waals surface area contributed by atoms with Crippen molar-refractivity contribution in [2.45, 2.75) is 26.9 Å². The molecular weight excluding hydrogens is 402 g/mol. The van der Waals surface area contributed by atoms with Crippen molar-refractivity contribution < 1.29 is 9.53 Å². The Morgan fingerprint density at radius 3 is 2.38 bits per heavy atom. The third-order valence-electron chi connectivity index (χ3n) is 5.13. The van der Waals surface area contributed by atoms with E-state index in [0.717, 1.165) is 16.7 Å². The van der Waals surface area contributed by atoms with Crippen LogP contribution in [0, 0.1) is 13.8 Å². The van der Waals surface area contributed by atoms with E-state index in [4.69, 9.17) is 4.74 Å². The van der Waals surface area contributed by atoms with Crippen molar-refractivity contribution >= 4 is 16.8 Å². The van der Waals surface area contributed by atoms with Crippen LogP contribution in [0.15, 0.2) is 77.6 Å². The van der Waals surface area contributed by atoms with Gasteiger partial charge in [0.25, 0.3) is 11.5 Å². The lowest BCUT2D eigenvalue weighted by Crippen LogP contribution is -2.35. The van der Waals surface area contributed by atoms with Crippen LogP contribution in [0.4, 0.5) is 0 Å². The minimum atomic E-state index is -0.218. The number of fused-ring (bicyclic) bond motifs is 1. The topological polar surface area (TPSA) is 75.3 Å². The standard InChI is InChI=1S/C26H25N3O3/c1-18-12-19(2)14-21(13-18)32-17-25(30)29(15-20-8-4-3-5-9-20)16-24-27-23-11-7-6-10-22(23)26(31)28-24/h3-14H,15-17H2,1-2H3,(H,27,28,31). The van der Waals surface area contributed by atoms with Crippen molar-refractivity contribution in [2.24, 2.45) is 0 Å². The second kappa shape index (κ2) is 9.47. The van der Waals surface area contributed by atoms with Gasteiger partial charge >= 0.3 is 0 Å². The Morgan fingerprint density at radius 2 is 1.62 bits per heavy atom. The molecule has 0 saturated heterocycles. The Labute approximate surface area is 186 Å². The van der Waals surface area contributed by atoms with Crippen LogP contribution in [0.25, 0.3) is 10.9 Å². The van der Waals surface area contributed by atoms with Crippen molar-refractivity contribution in [3.8, 4) is 5.75 Å². The third-order valence-corrected chi connectivity index (χ3v) is 5.13. The molecule has 0 aliphatic heterocycles. The second-order valence-corrected chi connectivity index (χ2v) is 7.88. The zero-order chi connectivity index (χ0) is 22.5. The fourth-order valence-electron chi connectivity index (χ4n) is 3.68. The van der Waals surface area contributed by atoms with E-state index >= 15 is 0 Å². The van der Waals surface area contributed by atoms with E-state index in [9.17, 15) is 9.59 Å². The first-order valence-corrected chi connectivity index (χ1v) is 10.5. The maximum absolute atomic E-state index is 13.1. The number of hydrogen-bond acceptors (Lipinski definition) is 4. The number of aromatic amines is 1. The first-order valence-electron chi connectivity index (χ1n) is 10.5. The number of aromatic nitrogens is 2. The molecule has 0 fully saturated rings. The van der Waals surface area contributed by atoms with Gasteiger partial charge in [-0.1, -0.05) is 48.5 Å². The van der Waals surface area contributed by atoms with Crippen molar-refractivity contribution in [3.05, 3.63) is 106 Å². The molecule has 6 heteroatoms. The summed E-state index contributed by atoms with van der Waals surface area (Å²) in [4.78, 5) is 34.6. The molecule has 0 bridgehead atoms. The summed E-state index contributed by atoms with van der Waals surface area (Å²) in [7, 11) is 0. The van der Waals surface area contributed by atoms with E-state index in [1.807, 2.05) is 62.4 Å². The number of aryl methyl sites for hydroxylation is 2. The zero-order valence-corrected chi connectivity index (χ0v) is 18.2. The van der Waals surface area contributed by atoms with Gasteiger partial charge < -0.3 is 14.6 Å². The van der Waals surface area contributed by atoms with Gasteiger partial charge in [0.05, 0.1) is 17.4 Å². The monoisotopic (exact) mass is 427 g/mol. The summed E-state index contributed by atoms with van der Waals surface area (Å²) in [5.41, 5.74) is 3.52. The van der Waals surface area contributed by atoms with Crippen molar-refractivity contribution in [3.63, 3.8) is 0 Å². The average molecular weight is 428 g/mol. The van der Waals surface area contributed by atoms with E-state index in [2.05, 4.69) is 16.0 Å². The number of ether oxygens (including phenoxy) is 1. The van der Waals surface area contributed by atoms with E-state index in [1.54, 1.807) is 23.1 Å². The minimum Gasteiger partial charge on any atom is -0.484 e. The lowest BCUT2D eigenvalue weighted by Gasteiger charge is -2.23. The van der Waals surface area contributed by atoms with Gasteiger partial charge in [-0.05, 0) is 54.8 Å². The summed E-state index contributed by atoms with van der Waals surface area (Å²) in [6.07, 6.45) is 0. The summed E-state index contributed by atoms with van der Waals surface area (Å²) >= 11 is 0. The number of amides is 1. The number of H-pyrrole nitrogens is 1. The predicted molar refractivity (Wildman–Crippen MR) is 124 cm³/mol. The molecule has 6 nitrogen and oxygen atoms in total. The van der Waals surface area contributed by atoms with Crippen molar-refractivity contribution in [1.82, 2.24) is 14.9 Å². The highest BCUT2D eigenvalue weighted by Crippen LogP contribution is 2.17. The number of nitrogens with one attached hydrogen (secondary N) is 1. The molecule has 0 aliphatic rings. The summed E-state index contributed by atoms with van der Waals surface area (Å²) in [5.74, 6) is 0.904. The summed E-state index contributed by atoms with van der Waals surface area (Å²) < 4.78 is 5.80. The molecule has 0 aliphatic carbocycles. The van der Waals surface area contributed by atoms with Gasteiger partial charge in [-0.25, -0.2) is 4.98 Å². The Balaban J connectivity index is 1.57. The summed E-state index contributed by atoms with van der Waals surface area (Å²) in [6, 6.07) is 22.7. The van der Waals surface area contributed by atoms with Gasteiger partial charge in [-0.15, -0.1) is 0 Å². The van der Waals surface area contributed by atoms with E-state index in [-0.39, 0.29) is 24.6 Å². The number of carbonyl (C=O) groups excluding carboxylic acids is 1. The molecule has 0 saturated carbocycles. The van der Waals surface area contributed by atoms with Gasteiger partial charge in [-0.3, -0.25) is 9.59 Å². The maximum Gasteiger partial charge on any atom is 0.261 e. The molecule has 3 aromatic carbocycles. The number of carbonyl (C=O) groups is 1. The molecule has 1 N–H and O–H groups in total. The van der Waals surface area contributed by atoms with Crippen molar-refractivity contribution in [1.29, 1.82) is 0 Å². The first-order chi connectivity index (χ1) is 15.5. The maximum atomic E-state index is 13.1. The number of nitrogens with zero attached hydrogens (tertiary/aromatic N) is 2. The van der Waals surface area contributed by atoms with Gasteiger partial charge in [0.2, 0.25) is 0 Å². The molecule has 0 radical (unpaired) electrons. The molecule has 1 aromatic heterocycles. The van der Waals surface area contributed by atoms with Crippen LogP contribution >= 0.6 is 0 Å². The van der Waals surface area contributed by atoms with Gasteiger partial charge in [-0.2, -0.15) is 0 Å². The van der Waals surface area contributed by atoms with Gasteiger partial charge in [0.15, 0.2) is 6.61 Å². The number of para-hydroxylation sites is 1. The number of rotatable bonds is 7. The van der Waals surface area contributed by atoms with E-state index < -0.39 is 0 Å². The van der Waals surface area contributed by atoms with Crippen LogP contribution in [0.1, 0.15) is 22.5 Å². The number of benzene rings is 3. The molecule has 4 rings (SSSR count). The van der Waals surface area contributed by atoms with Gasteiger partial charge in [0.1, 0.15) is 11.6 Å². The largest absolute Gasteiger partial charge is 0.484 e. The number of hydrogen-bond donors (Lipinski definition) is 1. The summed E-state index contributed by atoms with van der Waals surface area (Å²) in [6.45, 7) is 4.43. The average Bonchev–Trinajstić information content (AvgIpc) is 2.77. The quantitative estimate of drug-likeness (QED) is 0.481. The molecule has 1 heterocycles. The minimum absolute atomic E-state index is 0.104. The van der Waals surface area contributed by atoms with Crippen molar-refractivity contribution in [2.75, 3.05) is 6.61 Å². The molecule has 0 unspecified atom stereocenters. The predicted octanol–water partition coefficient (Wildman–Crippen LogP) is 4.15. The normalized spacial score (nSPS) is 10.8. The van der Waals surface area contributed by atoms with E-state index in [0.29, 0.717) is 29.0 Å². The fraction of sp³-hybridized carbons (Fsp3) is 0.192. The highest BCUT2D eigenvalue weighted by molar-refractivity contribution is 5.78. The molecular formula is C26H25N3O3. The van der Waals surface area contributed by atoms with Crippen LogP contribution in [0.3, 0.4) is 0 Å². The smallest absolute Gasteiger partial charge is 0.261 e. The Morgan fingerprint density at radius 1 is 0.938 bits per heavy atom. The van der Waals surface area contributed by atoms with Crippen LogP contribution in [0.5, 0.6) is 5.75 Å². The SMILES string of the molecule is Cc1cc(C)cc(OCC(=O)N(Cc2ccccc2)Cc2nc3ccccc3c(=O)[nH]2)c1. The molecule has 0 spiro atoms. The van der Waals surface area contributed by atoms with Crippen LogP contribution in [-0.2, 0) is 17.9 Å². The lowest BCUT2D eigenvalue weighted by molar-refractivity contribution is -0.134. The highest BCUT2D eigenvalue weighted by atomic mass is 16.5. The first kappa shape index (κ1) is 21.3. The van der Waals surface area contributed by atoms with Gasteiger partial charge in [0, 0.05) is 6.54 Å². The van der Waals surface area contributed by atoms with Crippen LogP contribution in [0.2, 0.25) is 0 Å². The summed E-state index contributed by atoms with van der Waals surface area (Å²) in [5, 5.41) is 0.523. The zero-order valence-electron chi connectivity index (χ0n) is 18.2. The molecule has 32 heavy (non-hydrogen) atoms. The molecule has 1 amide bonds. The second-order valence-electron chi connectivity index (χ2n) is 7.88. The highest BCUT2D eigenvalue weighted by Gasteiger charge is 2.17. The molecule has 0 atom stereocenters. The Kier molecular flexibility index (Phi) is 6.31. The Bertz CT molecular complexity index is 1280. The van der Waals surface area contributed by atoms with E-state index in [1.165, 1.54) is 0 Å². The third kappa shape index (κ3) is 5.21. The lowest BCUT2D eigenvalue weighted by atomic mass is 10.1. The van der Waals surface area contributed by atoms with Crippen LogP contribution in [-0.4, -0.2) is 27.4 Å².